The molecule has 0 radical (unpaired) electrons. The van der Waals surface area contributed by atoms with Crippen LogP contribution in [0.4, 0.5) is 0 Å². The van der Waals surface area contributed by atoms with Crippen LogP contribution in [0.5, 0.6) is 0 Å². The summed E-state index contributed by atoms with van der Waals surface area (Å²) < 4.78 is 0. The Kier molecular flexibility index (Phi) is 14.6. The molecule has 0 bridgehead atoms. The molecule has 0 heterocycles. The number of hydrogen-bond acceptors (Lipinski definition) is 1. The van der Waals surface area contributed by atoms with Crippen molar-refractivity contribution in [1.82, 2.24) is 0 Å². The summed E-state index contributed by atoms with van der Waals surface area (Å²) in [4.78, 5) is 0. The highest BCUT2D eigenvalue weighted by Gasteiger charge is 2.01. The maximum absolute atomic E-state index is 9.59. The highest BCUT2D eigenvalue weighted by Crippen LogP contribution is 2.11. The Labute approximate surface area is 120 Å². The summed E-state index contributed by atoms with van der Waals surface area (Å²) in [6, 6.07) is 0. The third kappa shape index (κ3) is 15.1. The molecule has 0 aliphatic heterocycles. The zero-order valence-electron chi connectivity index (χ0n) is 12.7. The van der Waals surface area contributed by atoms with Gasteiger partial charge in [0.05, 0.1) is 6.10 Å². The van der Waals surface area contributed by atoms with Gasteiger partial charge in [-0.1, -0.05) is 82.4 Å². The lowest BCUT2D eigenvalue weighted by Gasteiger charge is -2.08. The molecule has 0 aliphatic rings. The van der Waals surface area contributed by atoms with Gasteiger partial charge in [0, 0.05) is 0 Å². The normalized spacial score (nSPS) is 13.4. The molecule has 0 aromatic rings. The van der Waals surface area contributed by atoms with Crippen molar-refractivity contribution in [3.63, 3.8) is 0 Å². The van der Waals surface area contributed by atoms with E-state index in [2.05, 4.69) is 25.7 Å². The summed E-state index contributed by atoms with van der Waals surface area (Å²) in [6.45, 7) is 5.76. The van der Waals surface area contributed by atoms with Gasteiger partial charge in [0.15, 0.2) is 0 Å². The predicted molar refractivity (Wildman–Crippen MR) is 86.3 cm³/mol. The van der Waals surface area contributed by atoms with Gasteiger partial charge >= 0.3 is 0 Å². The van der Waals surface area contributed by atoms with Gasteiger partial charge in [-0.3, -0.25) is 0 Å². The van der Waals surface area contributed by atoms with Gasteiger partial charge < -0.3 is 5.11 Å². The monoisotopic (exact) mass is 264 g/mol. The van der Waals surface area contributed by atoms with Crippen LogP contribution >= 0.6 is 0 Å². The van der Waals surface area contributed by atoms with Crippen molar-refractivity contribution in [2.45, 2.75) is 77.2 Å². The maximum atomic E-state index is 9.59. The molecule has 0 aromatic carbocycles. The Bertz CT molecular complexity index is 240. The van der Waals surface area contributed by atoms with E-state index in [1.165, 1.54) is 44.9 Å². The molecule has 0 saturated carbocycles. The van der Waals surface area contributed by atoms with E-state index < -0.39 is 0 Å². The lowest BCUT2D eigenvalue weighted by atomic mass is 10.0. The van der Waals surface area contributed by atoms with Gasteiger partial charge in [-0.05, 0) is 25.7 Å². The van der Waals surface area contributed by atoms with E-state index in [0.717, 1.165) is 19.3 Å². The number of allylic oxidation sites excluding steroid dienone is 5. The van der Waals surface area contributed by atoms with Crippen molar-refractivity contribution in [2.75, 3.05) is 0 Å². The van der Waals surface area contributed by atoms with Crippen molar-refractivity contribution in [2.24, 2.45) is 0 Å². The topological polar surface area (TPSA) is 20.2 Å². The fourth-order valence-corrected chi connectivity index (χ4v) is 2.14. The van der Waals surface area contributed by atoms with E-state index in [9.17, 15) is 5.11 Å². The van der Waals surface area contributed by atoms with Gasteiger partial charge in [-0.25, -0.2) is 0 Å². The molecule has 0 amide bonds. The molecular formula is C18H32O. The average Bonchev–Trinajstić information content (AvgIpc) is 2.40. The Balaban J connectivity index is 3.16. The summed E-state index contributed by atoms with van der Waals surface area (Å²) in [5.41, 5.74) is 0. The second-order valence-corrected chi connectivity index (χ2v) is 5.19. The Morgan fingerprint density at radius 3 is 2.26 bits per heavy atom. The van der Waals surface area contributed by atoms with Gasteiger partial charge in [0.2, 0.25) is 0 Å². The highest BCUT2D eigenvalue weighted by atomic mass is 16.3. The van der Waals surface area contributed by atoms with Crippen LogP contribution in [0.15, 0.2) is 37.0 Å². The zero-order chi connectivity index (χ0) is 14.2. The first-order chi connectivity index (χ1) is 9.31. The second-order valence-electron chi connectivity index (χ2n) is 5.19. The lowest BCUT2D eigenvalue weighted by Crippen LogP contribution is -2.04. The maximum Gasteiger partial charge on any atom is 0.0540 e. The molecule has 1 atom stereocenters. The van der Waals surface area contributed by atoms with Gasteiger partial charge in [0.25, 0.3) is 0 Å². The highest BCUT2D eigenvalue weighted by molar-refractivity contribution is 5.08. The van der Waals surface area contributed by atoms with Crippen LogP contribution in [0.1, 0.15) is 71.1 Å². The van der Waals surface area contributed by atoms with E-state index in [-0.39, 0.29) is 6.10 Å². The van der Waals surface area contributed by atoms with E-state index in [1.807, 2.05) is 12.2 Å². The molecule has 19 heavy (non-hydrogen) atoms. The Morgan fingerprint density at radius 1 is 0.895 bits per heavy atom. The number of hydrogen-bond donors (Lipinski definition) is 1. The first-order valence-electron chi connectivity index (χ1n) is 7.93. The van der Waals surface area contributed by atoms with Crippen molar-refractivity contribution in [3.8, 4) is 0 Å². The second kappa shape index (κ2) is 15.2. The summed E-state index contributed by atoms with van der Waals surface area (Å²) >= 11 is 0. The molecule has 0 rings (SSSR count). The first-order valence-corrected chi connectivity index (χ1v) is 7.93. The van der Waals surface area contributed by atoms with Crippen LogP contribution in [0.3, 0.4) is 0 Å². The predicted octanol–water partition coefficient (Wildman–Crippen LogP) is 5.57. The molecule has 0 spiro atoms. The largest absolute Gasteiger partial charge is 0.393 e. The molecule has 1 N–H and O–H groups in total. The van der Waals surface area contributed by atoms with E-state index in [0.29, 0.717) is 0 Å². The SMILES string of the molecule is C=C/C=C\C=C\CCCCCCCCC(O)CCC. The third-order valence-electron chi connectivity index (χ3n) is 3.27. The fourth-order valence-electron chi connectivity index (χ4n) is 2.14. The van der Waals surface area contributed by atoms with Crippen LogP contribution in [-0.4, -0.2) is 11.2 Å². The average molecular weight is 264 g/mol. The Morgan fingerprint density at radius 2 is 1.58 bits per heavy atom. The van der Waals surface area contributed by atoms with Crippen LogP contribution in [-0.2, 0) is 0 Å². The van der Waals surface area contributed by atoms with E-state index >= 15 is 0 Å². The van der Waals surface area contributed by atoms with E-state index in [1.54, 1.807) is 6.08 Å². The van der Waals surface area contributed by atoms with Gasteiger partial charge in [-0.15, -0.1) is 0 Å². The van der Waals surface area contributed by atoms with Crippen LogP contribution in [0.2, 0.25) is 0 Å². The molecule has 0 aromatic heterocycles. The van der Waals surface area contributed by atoms with Crippen LogP contribution < -0.4 is 0 Å². The molecule has 0 aliphatic carbocycles. The molecule has 1 nitrogen and oxygen atoms in total. The molecular weight excluding hydrogens is 232 g/mol. The van der Waals surface area contributed by atoms with Crippen molar-refractivity contribution in [1.29, 1.82) is 0 Å². The summed E-state index contributed by atoms with van der Waals surface area (Å²) in [5, 5.41) is 9.59. The molecule has 1 heteroatoms. The number of rotatable bonds is 13. The van der Waals surface area contributed by atoms with Gasteiger partial charge in [0.1, 0.15) is 0 Å². The number of unbranched alkanes of at least 4 members (excludes halogenated alkanes) is 6. The standard InChI is InChI=1S/C18H32O/c1-3-5-6-7-8-9-10-11-12-13-14-15-17-18(19)16-4-2/h3,5-8,18-19H,1,4,9-17H2,2H3/b6-5-,8-7+. The Hall–Kier alpha value is -0.820. The third-order valence-corrected chi connectivity index (χ3v) is 3.27. The summed E-state index contributed by atoms with van der Waals surface area (Å²) in [7, 11) is 0. The summed E-state index contributed by atoms with van der Waals surface area (Å²) in [6.07, 6.45) is 22.0. The summed E-state index contributed by atoms with van der Waals surface area (Å²) in [5.74, 6) is 0. The fraction of sp³-hybridized carbons (Fsp3) is 0.667. The van der Waals surface area contributed by atoms with Crippen LogP contribution in [0.25, 0.3) is 0 Å². The molecule has 1 unspecified atom stereocenters. The lowest BCUT2D eigenvalue weighted by molar-refractivity contribution is 0.150. The van der Waals surface area contributed by atoms with Gasteiger partial charge in [-0.2, -0.15) is 0 Å². The zero-order valence-corrected chi connectivity index (χ0v) is 12.7. The van der Waals surface area contributed by atoms with Crippen molar-refractivity contribution >= 4 is 0 Å². The number of aliphatic hydroxyl groups is 1. The quantitative estimate of drug-likeness (QED) is 0.341. The van der Waals surface area contributed by atoms with Crippen molar-refractivity contribution in [3.05, 3.63) is 37.0 Å². The van der Waals surface area contributed by atoms with E-state index in [4.69, 9.17) is 0 Å². The first kappa shape index (κ1) is 18.2. The molecule has 0 fully saturated rings. The minimum absolute atomic E-state index is 0.0567. The molecule has 110 valence electrons. The minimum Gasteiger partial charge on any atom is -0.393 e. The number of aliphatic hydroxyl groups excluding tert-OH is 1. The smallest absolute Gasteiger partial charge is 0.0540 e. The van der Waals surface area contributed by atoms with Crippen molar-refractivity contribution < 1.29 is 5.11 Å². The molecule has 0 saturated heterocycles. The minimum atomic E-state index is -0.0567. The van der Waals surface area contributed by atoms with Crippen LogP contribution in [0, 0.1) is 0 Å².